The second-order valence-corrected chi connectivity index (χ2v) is 6.55. The van der Waals surface area contributed by atoms with Crippen molar-refractivity contribution in [3.8, 4) is 17.1 Å². The molecule has 4 rings (SSSR count). The molecule has 7 nitrogen and oxygen atoms in total. The van der Waals surface area contributed by atoms with Crippen LogP contribution in [0.1, 0.15) is 27.9 Å². The molecule has 0 spiro atoms. The lowest BCUT2D eigenvalue weighted by Crippen LogP contribution is -2.17. The van der Waals surface area contributed by atoms with Crippen LogP contribution in [0.2, 0.25) is 0 Å². The van der Waals surface area contributed by atoms with Crippen molar-refractivity contribution in [3.05, 3.63) is 71.6 Å². The molecule has 3 aromatic heterocycles. The summed E-state index contributed by atoms with van der Waals surface area (Å²) in [5, 5.41) is 9.20. The fraction of sp³-hybridized carbons (Fsp3) is 0.0526. The van der Waals surface area contributed by atoms with E-state index in [-0.39, 0.29) is 11.7 Å². The third kappa shape index (κ3) is 3.42. The van der Waals surface area contributed by atoms with Gasteiger partial charge in [0, 0.05) is 18.4 Å². The zero-order chi connectivity index (χ0) is 18.8. The third-order valence-corrected chi connectivity index (χ3v) is 4.56. The molecule has 0 atom stereocenters. The minimum atomic E-state index is -0.381. The SMILES string of the molecule is CC(=O)c1csc(NC(=O)c2cc(-c3ccco3)nn2-c2ccccc2)n1. The summed E-state index contributed by atoms with van der Waals surface area (Å²) < 4.78 is 6.94. The van der Waals surface area contributed by atoms with E-state index in [2.05, 4.69) is 15.4 Å². The number of carbonyl (C=O) groups excluding carboxylic acids is 2. The Kier molecular flexibility index (Phi) is 4.39. The third-order valence-electron chi connectivity index (χ3n) is 3.80. The smallest absolute Gasteiger partial charge is 0.276 e. The van der Waals surface area contributed by atoms with Crippen molar-refractivity contribution in [1.82, 2.24) is 14.8 Å². The van der Waals surface area contributed by atoms with Gasteiger partial charge in [-0.25, -0.2) is 9.67 Å². The standard InChI is InChI=1S/C19H14N4O3S/c1-12(24)15-11-27-19(20-15)21-18(25)16-10-14(17-8-5-9-26-17)22-23(16)13-6-3-2-4-7-13/h2-11H,1H3,(H,20,21,25). The molecular weight excluding hydrogens is 364 g/mol. The summed E-state index contributed by atoms with van der Waals surface area (Å²) in [6.07, 6.45) is 1.55. The van der Waals surface area contributed by atoms with E-state index in [0.29, 0.717) is 28.0 Å². The summed E-state index contributed by atoms with van der Waals surface area (Å²) in [5.41, 5.74) is 1.93. The molecular formula is C19H14N4O3S. The number of aromatic nitrogens is 3. The number of hydrogen-bond acceptors (Lipinski definition) is 6. The first-order valence-electron chi connectivity index (χ1n) is 8.09. The number of furan rings is 1. The molecule has 1 amide bonds. The molecule has 0 aliphatic heterocycles. The van der Waals surface area contributed by atoms with Crippen LogP contribution in [-0.2, 0) is 0 Å². The van der Waals surface area contributed by atoms with Crippen LogP contribution >= 0.6 is 11.3 Å². The van der Waals surface area contributed by atoms with Gasteiger partial charge in [-0.2, -0.15) is 5.10 Å². The molecule has 0 fully saturated rings. The zero-order valence-corrected chi connectivity index (χ0v) is 15.1. The number of hydrogen-bond donors (Lipinski definition) is 1. The van der Waals surface area contributed by atoms with Crippen LogP contribution in [-0.4, -0.2) is 26.5 Å². The number of nitrogens with zero attached hydrogens (tertiary/aromatic N) is 3. The van der Waals surface area contributed by atoms with Crippen molar-refractivity contribution in [2.75, 3.05) is 5.32 Å². The van der Waals surface area contributed by atoms with E-state index in [1.807, 2.05) is 30.3 Å². The molecule has 3 heterocycles. The molecule has 0 saturated carbocycles. The number of para-hydroxylation sites is 1. The summed E-state index contributed by atoms with van der Waals surface area (Å²) in [6.45, 7) is 1.43. The Bertz CT molecular complexity index is 1100. The average molecular weight is 378 g/mol. The van der Waals surface area contributed by atoms with Crippen molar-refractivity contribution in [1.29, 1.82) is 0 Å². The second-order valence-electron chi connectivity index (χ2n) is 5.69. The normalized spacial score (nSPS) is 10.7. The van der Waals surface area contributed by atoms with Crippen LogP contribution in [0.3, 0.4) is 0 Å². The summed E-state index contributed by atoms with van der Waals surface area (Å²) >= 11 is 1.20. The molecule has 0 saturated heterocycles. The fourth-order valence-corrected chi connectivity index (χ4v) is 3.25. The van der Waals surface area contributed by atoms with E-state index >= 15 is 0 Å². The molecule has 27 heavy (non-hydrogen) atoms. The van der Waals surface area contributed by atoms with Gasteiger partial charge in [0.1, 0.15) is 17.1 Å². The molecule has 0 aliphatic rings. The van der Waals surface area contributed by atoms with Crippen molar-refractivity contribution >= 4 is 28.2 Å². The molecule has 1 aromatic carbocycles. The van der Waals surface area contributed by atoms with E-state index in [9.17, 15) is 9.59 Å². The van der Waals surface area contributed by atoms with Gasteiger partial charge in [-0.15, -0.1) is 11.3 Å². The summed E-state index contributed by atoms with van der Waals surface area (Å²) in [6, 6.07) is 14.5. The van der Waals surface area contributed by atoms with Crippen molar-refractivity contribution in [2.45, 2.75) is 6.92 Å². The predicted octanol–water partition coefficient (Wildman–Crippen LogP) is 4.04. The molecule has 0 bridgehead atoms. The lowest BCUT2D eigenvalue weighted by molar-refractivity contribution is 0.100. The number of rotatable bonds is 5. The minimum absolute atomic E-state index is 0.152. The molecule has 4 aromatic rings. The number of Topliss-reactive ketones (excluding diaryl/α,β-unsaturated/α-hetero) is 1. The van der Waals surface area contributed by atoms with Crippen LogP contribution in [0, 0.1) is 0 Å². The summed E-state index contributed by atoms with van der Waals surface area (Å²) in [5.74, 6) is 0.0293. The minimum Gasteiger partial charge on any atom is -0.463 e. The van der Waals surface area contributed by atoms with Gasteiger partial charge in [-0.3, -0.25) is 14.9 Å². The Labute approximate surface area is 158 Å². The number of carbonyl (C=O) groups is 2. The first-order valence-corrected chi connectivity index (χ1v) is 8.97. The topological polar surface area (TPSA) is 90.0 Å². The zero-order valence-electron chi connectivity index (χ0n) is 14.2. The number of ketones is 1. The Hall–Kier alpha value is -3.52. The maximum atomic E-state index is 12.8. The van der Waals surface area contributed by atoms with Crippen molar-refractivity contribution in [2.24, 2.45) is 0 Å². The highest BCUT2D eigenvalue weighted by Gasteiger charge is 2.20. The van der Waals surface area contributed by atoms with Gasteiger partial charge in [0.05, 0.1) is 12.0 Å². The predicted molar refractivity (Wildman–Crippen MR) is 101 cm³/mol. The number of anilines is 1. The van der Waals surface area contributed by atoms with Crippen LogP contribution in [0.4, 0.5) is 5.13 Å². The molecule has 8 heteroatoms. The summed E-state index contributed by atoms with van der Waals surface area (Å²) in [7, 11) is 0. The first kappa shape index (κ1) is 16.9. The van der Waals surface area contributed by atoms with Gasteiger partial charge in [-0.05, 0) is 24.3 Å². The molecule has 134 valence electrons. The lowest BCUT2D eigenvalue weighted by atomic mass is 10.2. The highest BCUT2D eigenvalue weighted by Crippen LogP contribution is 2.23. The maximum Gasteiger partial charge on any atom is 0.276 e. The highest BCUT2D eigenvalue weighted by atomic mass is 32.1. The van der Waals surface area contributed by atoms with Gasteiger partial charge in [0.2, 0.25) is 0 Å². The quantitative estimate of drug-likeness (QED) is 0.529. The van der Waals surface area contributed by atoms with Gasteiger partial charge in [-0.1, -0.05) is 18.2 Å². The number of amides is 1. The van der Waals surface area contributed by atoms with Gasteiger partial charge in [0.15, 0.2) is 16.7 Å². The number of thiazole rings is 1. The molecule has 0 aliphatic carbocycles. The Balaban J connectivity index is 1.71. The number of nitrogens with one attached hydrogen (secondary N) is 1. The van der Waals surface area contributed by atoms with E-state index in [1.54, 1.807) is 34.5 Å². The molecule has 0 radical (unpaired) electrons. The Morgan fingerprint density at radius 3 is 2.63 bits per heavy atom. The van der Waals surface area contributed by atoms with Gasteiger partial charge < -0.3 is 4.42 Å². The van der Waals surface area contributed by atoms with E-state index in [4.69, 9.17) is 4.42 Å². The van der Waals surface area contributed by atoms with Crippen LogP contribution < -0.4 is 5.32 Å². The van der Waals surface area contributed by atoms with Crippen molar-refractivity contribution in [3.63, 3.8) is 0 Å². The molecule has 0 unspecified atom stereocenters. The largest absolute Gasteiger partial charge is 0.463 e. The monoisotopic (exact) mass is 378 g/mol. The van der Waals surface area contributed by atoms with E-state index < -0.39 is 0 Å². The number of benzene rings is 1. The Morgan fingerprint density at radius 1 is 1.15 bits per heavy atom. The lowest BCUT2D eigenvalue weighted by Gasteiger charge is -2.06. The second kappa shape index (κ2) is 7.00. The molecule has 1 N–H and O–H groups in total. The van der Waals surface area contributed by atoms with E-state index in [0.717, 1.165) is 5.69 Å². The Morgan fingerprint density at radius 2 is 1.96 bits per heavy atom. The van der Waals surface area contributed by atoms with E-state index in [1.165, 1.54) is 18.3 Å². The average Bonchev–Trinajstić information content (AvgIpc) is 3.42. The van der Waals surface area contributed by atoms with Crippen molar-refractivity contribution < 1.29 is 14.0 Å². The fourth-order valence-electron chi connectivity index (χ4n) is 2.51. The maximum absolute atomic E-state index is 12.8. The summed E-state index contributed by atoms with van der Waals surface area (Å²) in [4.78, 5) is 28.4. The van der Waals surface area contributed by atoms with Crippen LogP contribution in [0.15, 0.2) is 64.6 Å². The van der Waals surface area contributed by atoms with Crippen LogP contribution in [0.25, 0.3) is 17.1 Å². The van der Waals surface area contributed by atoms with Gasteiger partial charge >= 0.3 is 0 Å². The first-order chi connectivity index (χ1) is 13.1. The van der Waals surface area contributed by atoms with Gasteiger partial charge in [0.25, 0.3) is 5.91 Å². The van der Waals surface area contributed by atoms with Crippen LogP contribution in [0.5, 0.6) is 0 Å². The highest BCUT2D eigenvalue weighted by molar-refractivity contribution is 7.14.